The summed E-state index contributed by atoms with van der Waals surface area (Å²) in [6, 6.07) is 6.28. The molecule has 3 rings (SSSR count). The van der Waals surface area contributed by atoms with Gasteiger partial charge >= 0.3 is 5.97 Å². The maximum Gasteiger partial charge on any atom is 0.326 e. The summed E-state index contributed by atoms with van der Waals surface area (Å²) in [6.07, 6.45) is 3.10. The van der Waals surface area contributed by atoms with Crippen LogP contribution in [0.25, 0.3) is 0 Å². The summed E-state index contributed by atoms with van der Waals surface area (Å²) in [6.45, 7) is -1.11. The van der Waals surface area contributed by atoms with E-state index >= 15 is 0 Å². The molecule has 2 atom stereocenters. The van der Waals surface area contributed by atoms with E-state index in [2.05, 4.69) is 5.32 Å². The van der Waals surface area contributed by atoms with Gasteiger partial charge in [-0.1, -0.05) is 24.4 Å². The Morgan fingerprint density at radius 3 is 2.46 bits per heavy atom. The highest BCUT2D eigenvalue weighted by molar-refractivity contribution is 6.31. The van der Waals surface area contributed by atoms with Crippen molar-refractivity contribution in [1.82, 2.24) is 4.90 Å². The van der Waals surface area contributed by atoms with E-state index in [1.54, 1.807) is 0 Å². The van der Waals surface area contributed by atoms with Crippen molar-refractivity contribution in [3.63, 3.8) is 0 Å². The van der Waals surface area contributed by atoms with Crippen LogP contribution in [0.1, 0.15) is 31.2 Å². The standard InChI is InChI=1S/C19H18ClN3O5/c20-12-6-5-11(8-21)15(7-12)22-16(24)10-28-17(25)9-23-18(26)13-3-1-2-4-14(13)19(23)27/h5-7,13-14H,1-4,9-10H2,(H,22,24)/t13-,14-/m0/s1. The van der Waals surface area contributed by atoms with E-state index in [1.165, 1.54) is 18.2 Å². The first-order valence-electron chi connectivity index (χ1n) is 8.91. The van der Waals surface area contributed by atoms with Crippen LogP contribution in [0.3, 0.4) is 0 Å². The number of carbonyl (C=O) groups is 4. The molecule has 3 amide bonds. The lowest BCUT2D eigenvalue weighted by Gasteiger charge is -2.19. The number of amides is 3. The van der Waals surface area contributed by atoms with E-state index in [1.807, 2.05) is 6.07 Å². The molecule has 2 aliphatic rings. The summed E-state index contributed by atoms with van der Waals surface area (Å²) in [5, 5.41) is 11.8. The normalized spacial score (nSPS) is 21.1. The Morgan fingerprint density at radius 1 is 1.21 bits per heavy atom. The molecule has 1 N–H and O–H groups in total. The summed E-state index contributed by atoms with van der Waals surface area (Å²) < 4.78 is 4.88. The lowest BCUT2D eigenvalue weighted by atomic mass is 9.81. The van der Waals surface area contributed by atoms with Gasteiger partial charge in [0.05, 0.1) is 23.1 Å². The Morgan fingerprint density at radius 2 is 1.86 bits per heavy atom. The molecule has 146 valence electrons. The smallest absolute Gasteiger partial charge is 0.326 e. The van der Waals surface area contributed by atoms with Crippen LogP contribution >= 0.6 is 11.6 Å². The minimum absolute atomic E-state index is 0.199. The molecule has 2 fully saturated rings. The highest BCUT2D eigenvalue weighted by Crippen LogP contribution is 2.37. The maximum absolute atomic E-state index is 12.3. The Hall–Kier alpha value is -2.92. The quantitative estimate of drug-likeness (QED) is 0.592. The molecule has 9 heteroatoms. The van der Waals surface area contributed by atoms with Crippen molar-refractivity contribution in [2.75, 3.05) is 18.5 Å². The number of fused-ring (bicyclic) bond motifs is 1. The molecule has 0 bridgehead atoms. The van der Waals surface area contributed by atoms with Gasteiger partial charge in [0.25, 0.3) is 5.91 Å². The molecule has 1 aromatic carbocycles. The number of hydrogen-bond acceptors (Lipinski definition) is 6. The van der Waals surface area contributed by atoms with Gasteiger partial charge in [-0.2, -0.15) is 5.26 Å². The molecule has 1 saturated heterocycles. The zero-order valence-electron chi connectivity index (χ0n) is 14.9. The van der Waals surface area contributed by atoms with E-state index in [0.29, 0.717) is 17.9 Å². The van der Waals surface area contributed by atoms with Crippen molar-refractivity contribution < 1.29 is 23.9 Å². The van der Waals surface area contributed by atoms with E-state index in [9.17, 15) is 19.2 Å². The number of rotatable bonds is 5. The van der Waals surface area contributed by atoms with Gasteiger partial charge < -0.3 is 10.1 Å². The van der Waals surface area contributed by atoms with Crippen LogP contribution in [-0.4, -0.2) is 41.7 Å². The van der Waals surface area contributed by atoms with Gasteiger partial charge in [-0.15, -0.1) is 0 Å². The van der Waals surface area contributed by atoms with Crippen LogP contribution in [0, 0.1) is 23.2 Å². The van der Waals surface area contributed by atoms with Crippen LogP contribution < -0.4 is 5.32 Å². The SMILES string of the molecule is N#Cc1ccc(Cl)cc1NC(=O)COC(=O)CN1C(=O)[C@H]2CCCC[C@@H]2C1=O. The summed E-state index contributed by atoms with van der Waals surface area (Å²) >= 11 is 5.84. The molecule has 0 unspecified atom stereocenters. The van der Waals surface area contributed by atoms with Gasteiger partial charge in [0.15, 0.2) is 6.61 Å². The van der Waals surface area contributed by atoms with E-state index in [4.69, 9.17) is 21.6 Å². The number of esters is 1. The highest BCUT2D eigenvalue weighted by atomic mass is 35.5. The molecular formula is C19H18ClN3O5. The lowest BCUT2D eigenvalue weighted by Crippen LogP contribution is -2.37. The fourth-order valence-corrected chi connectivity index (χ4v) is 3.78. The van der Waals surface area contributed by atoms with Gasteiger partial charge in [0.2, 0.25) is 11.8 Å². The number of anilines is 1. The summed E-state index contributed by atoms with van der Waals surface area (Å²) in [4.78, 5) is 49.6. The minimum atomic E-state index is -0.845. The number of likely N-dealkylation sites (tertiary alicyclic amines) is 1. The number of nitrogens with one attached hydrogen (secondary N) is 1. The first kappa shape index (κ1) is 19.8. The number of nitrogens with zero attached hydrogens (tertiary/aromatic N) is 2. The lowest BCUT2D eigenvalue weighted by molar-refractivity contribution is -0.154. The van der Waals surface area contributed by atoms with Gasteiger partial charge in [0.1, 0.15) is 12.6 Å². The van der Waals surface area contributed by atoms with E-state index < -0.39 is 25.0 Å². The highest BCUT2D eigenvalue weighted by Gasteiger charge is 2.48. The molecule has 0 aromatic heterocycles. The largest absolute Gasteiger partial charge is 0.454 e. The Bertz CT molecular complexity index is 855. The molecule has 1 aliphatic heterocycles. The third-order valence-electron chi connectivity index (χ3n) is 4.96. The number of nitriles is 1. The Labute approximate surface area is 166 Å². The Kier molecular flexibility index (Phi) is 5.95. The maximum atomic E-state index is 12.3. The number of hydrogen-bond donors (Lipinski definition) is 1. The van der Waals surface area contributed by atoms with Gasteiger partial charge in [-0.05, 0) is 31.0 Å². The second-order valence-corrected chi connectivity index (χ2v) is 7.21. The van der Waals surface area contributed by atoms with Crippen molar-refractivity contribution in [3.8, 4) is 6.07 Å². The number of carbonyl (C=O) groups excluding carboxylic acids is 4. The summed E-state index contributed by atoms with van der Waals surface area (Å²) in [5.74, 6) is -2.88. The van der Waals surface area contributed by atoms with Crippen molar-refractivity contribution in [3.05, 3.63) is 28.8 Å². The molecule has 1 saturated carbocycles. The monoisotopic (exact) mass is 403 g/mol. The van der Waals surface area contributed by atoms with Crippen molar-refractivity contribution >= 4 is 41.0 Å². The number of ether oxygens (including phenoxy) is 1. The van der Waals surface area contributed by atoms with E-state index in [0.717, 1.165) is 17.7 Å². The fraction of sp³-hybridized carbons (Fsp3) is 0.421. The van der Waals surface area contributed by atoms with Crippen molar-refractivity contribution in [1.29, 1.82) is 5.26 Å². The summed E-state index contributed by atoms with van der Waals surface area (Å²) in [5.41, 5.74) is 0.407. The van der Waals surface area contributed by atoms with Crippen LogP contribution in [0.4, 0.5) is 5.69 Å². The first-order chi connectivity index (χ1) is 13.4. The third kappa shape index (κ3) is 4.15. The zero-order chi connectivity index (χ0) is 20.3. The zero-order valence-corrected chi connectivity index (χ0v) is 15.7. The van der Waals surface area contributed by atoms with Crippen LogP contribution in [0.5, 0.6) is 0 Å². The summed E-state index contributed by atoms with van der Waals surface area (Å²) in [7, 11) is 0. The van der Waals surface area contributed by atoms with Crippen LogP contribution in [0.2, 0.25) is 5.02 Å². The molecular weight excluding hydrogens is 386 g/mol. The van der Waals surface area contributed by atoms with Crippen molar-refractivity contribution in [2.24, 2.45) is 11.8 Å². The van der Waals surface area contributed by atoms with Crippen molar-refractivity contribution in [2.45, 2.75) is 25.7 Å². The second kappa shape index (κ2) is 8.40. The Balaban J connectivity index is 1.53. The molecule has 8 nitrogen and oxygen atoms in total. The van der Waals surface area contributed by atoms with Gasteiger partial charge in [0, 0.05) is 5.02 Å². The molecule has 1 aliphatic carbocycles. The van der Waals surface area contributed by atoms with E-state index in [-0.39, 0.29) is 34.9 Å². The third-order valence-corrected chi connectivity index (χ3v) is 5.20. The van der Waals surface area contributed by atoms with Gasteiger partial charge in [-0.25, -0.2) is 0 Å². The molecule has 1 heterocycles. The van der Waals surface area contributed by atoms with Gasteiger partial charge in [-0.3, -0.25) is 24.1 Å². The molecule has 0 radical (unpaired) electrons. The second-order valence-electron chi connectivity index (χ2n) is 6.77. The number of halogens is 1. The van der Waals surface area contributed by atoms with Crippen LogP contribution in [-0.2, 0) is 23.9 Å². The average Bonchev–Trinajstić information content (AvgIpc) is 2.92. The molecule has 1 aromatic rings. The fourth-order valence-electron chi connectivity index (χ4n) is 3.61. The minimum Gasteiger partial charge on any atom is -0.454 e. The predicted octanol–water partition coefficient (Wildman–Crippen LogP) is 1.87. The topological polar surface area (TPSA) is 117 Å². The van der Waals surface area contributed by atoms with Crippen LogP contribution in [0.15, 0.2) is 18.2 Å². The predicted molar refractivity (Wildman–Crippen MR) is 97.9 cm³/mol. The average molecular weight is 404 g/mol. The first-order valence-corrected chi connectivity index (χ1v) is 9.29. The molecule has 0 spiro atoms. The number of imide groups is 1. The molecule has 28 heavy (non-hydrogen) atoms. The number of benzene rings is 1.